The average Bonchev–Trinajstić information content (AvgIpc) is 2.69. The van der Waals surface area contributed by atoms with Crippen molar-refractivity contribution in [3.05, 3.63) is 18.1 Å². The highest BCUT2D eigenvalue weighted by Gasteiger charge is 2.32. The van der Waals surface area contributed by atoms with Gasteiger partial charge in [-0.15, -0.1) is 0 Å². The summed E-state index contributed by atoms with van der Waals surface area (Å²) in [6.45, 7) is 5.84. The zero-order valence-electron chi connectivity index (χ0n) is 12.2. The standard InChI is InChI=1S/C14H24N4O/c1-10(2)13-6-14(16-9-15-13)18-8-12(19)5-11(18)7-17(3)4/h6,9-12,19H,5,7-8H2,1-4H3. The lowest BCUT2D eigenvalue weighted by atomic mass is 10.1. The summed E-state index contributed by atoms with van der Waals surface area (Å²) in [4.78, 5) is 13.0. The van der Waals surface area contributed by atoms with Crippen LogP contribution in [0, 0.1) is 0 Å². The third kappa shape index (κ3) is 3.42. The normalized spacial score (nSPS) is 23.6. The van der Waals surface area contributed by atoms with Crippen LogP contribution in [0.3, 0.4) is 0 Å². The molecule has 2 unspecified atom stereocenters. The smallest absolute Gasteiger partial charge is 0.132 e. The Kier molecular flexibility index (Phi) is 4.37. The Bertz CT molecular complexity index is 422. The van der Waals surface area contributed by atoms with Crippen LogP contribution in [0.25, 0.3) is 0 Å². The van der Waals surface area contributed by atoms with E-state index >= 15 is 0 Å². The fourth-order valence-corrected chi connectivity index (χ4v) is 2.60. The van der Waals surface area contributed by atoms with Crippen molar-refractivity contribution in [2.45, 2.75) is 38.3 Å². The van der Waals surface area contributed by atoms with Gasteiger partial charge in [0.1, 0.15) is 12.1 Å². The summed E-state index contributed by atoms with van der Waals surface area (Å²) in [6.07, 6.45) is 2.17. The molecule has 0 aromatic carbocycles. The van der Waals surface area contributed by atoms with E-state index in [0.717, 1.165) is 24.5 Å². The molecule has 1 aromatic heterocycles. The number of nitrogens with zero attached hydrogens (tertiary/aromatic N) is 4. The van der Waals surface area contributed by atoms with Crippen molar-refractivity contribution >= 4 is 5.82 Å². The number of hydrogen-bond acceptors (Lipinski definition) is 5. The number of anilines is 1. The Morgan fingerprint density at radius 2 is 2.16 bits per heavy atom. The molecule has 0 spiro atoms. The molecule has 2 atom stereocenters. The molecule has 1 aliphatic rings. The first-order chi connectivity index (χ1) is 8.97. The molecule has 5 heteroatoms. The average molecular weight is 264 g/mol. The number of aliphatic hydroxyl groups excluding tert-OH is 1. The van der Waals surface area contributed by atoms with Crippen LogP contribution in [0.15, 0.2) is 12.4 Å². The molecule has 0 aliphatic carbocycles. The number of hydrogen-bond donors (Lipinski definition) is 1. The summed E-state index contributed by atoms with van der Waals surface area (Å²) in [6, 6.07) is 2.37. The SMILES string of the molecule is CC(C)c1cc(N2CC(O)CC2CN(C)C)ncn1. The predicted octanol–water partition coefficient (Wildman–Crippen LogP) is 1.10. The summed E-state index contributed by atoms with van der Waals surface area (Å²) >= 11 is 0. The fourth-order valence-electron chi connectivity index (χ4n) is 2.60. The molecule has 0 bridgehead atoms. The van der Waals surface area contributed by atoms with Gasteiger partial charge >= 0.3 is 0 Å². The number of rotatable bonds is 4. The number of aliphatic hydroxyl groups is 1. The van der Waals surface area contributed by atoms with E-state index < -0.39 is 0 Å². The summed E-state index contributed by atoms with van der Waals surface area (Å²) in [5.41, 5.74) is 1.05. The molecule has 2 heterocycles. The van der Waals surface area contributed by atoms with Crippen LogP contribution < -0.4 is 4.90 Å². The largest absolute Gasteiger partial charge is 0.391 e. The molecular weight excluding hydrogens is 240 g/mol. The predicted molar refractivity (Wildman–Crippen MR) is 76.4 cm³/mol. The fraction of sp³-hybridized carbons (Fsp3) is 0.714. The van der Waals surface area contributed by atoms with Crippen LogP contribution in [0.1, 0.15) is 31.9 Å². The second-order valence-electron chi connectivity index (χ2n) is 5.91. The molecule has 106 valence electrons. The van der Waals surface area contributed by atoms with Gasteiger partial charge in [-0.3, -0.25) is 0 Å². The first-order valence-electron chi connectivity index (χ1n) is 6.88. The zero-order chi connectivity index (χ0) is 14.0. The Morgan fingerprint density at radius 1 is 1.42 bits per heavy atom. The number of likely N-dealkylation sites (N-methyl/N-ethyl adjacent to an activating group) is 1. The van der Waals surface area contributed by atoms with Crippen molar-refractivity contribution in [1.29, 1.82) is 0 Å². The van der Waals surface area contributed by atoms with Gasteiger partial charge in [0.05, 0.1) is 6.10 Å². The van der Waals surface area contributed by atoms with Crippen LogP contribution in [-0.2, 0) is 0 Å². The van der Waals surface area contributed by atoms with E-state index in [0.29, 0.717) is 18.5 Å². The second kappa shape index (κ2) is 5.84. The van der Waals surface area contributed by atoms with Gasteiger partial charge in [-0.2, -0.15) is 0 Å². The van der Waals surface area contributed by atoms with Gasteiger partial charge in [-0.05, 0) is 26.4 Å². The van der Waals surface area contributed by atoms with Crippen molar-refractivity contribution in [3.63, 3.8) is 0 Å². The third-order valence-electron chi connectivity index (χ3n) is 3.53. The maximum Gasteiger partial charge on any atom is 0.132 e. The number of aromatic nitrogens is 2. The van der Waals surface area contributed by atoms with Crippen molar-refractivity contribution in [2.75, 3.05) is 32.1 Å². The van der Waals surface area contributed by atoms with E-state index in [9.17, 15) is 5.11 Å². The van der Waals surface area contributed by atoms with Crippen molar-refractivity contribution in [3.8, 4) is 0 Å². The topological polar surface area (TPSA) is 52.5 Å². The van der Waals surface area contributed by atoms with Gasteiger partial charge in [-0.1, -0.05) is 13.8 Å². The minimum Gasteiger partial charge on any atom is -0.391 e. The molecule has 0 amide bonds. The molecule has 0 saturated carbocycles. The molecule has 1 saturated heterocycles. The van der Waals surface area contributed by atoms with Gasteiger partial charge in [-0.25, -0.2) is 9.97 Å². The van der Waals surface area contributed by atoms with Gasteiger partial charge in [0.15, 0.2) is 0 Å². The molecule has 2 rings (SSSR count). The summed E-state index contributed by atoms with van der Waals surface area (Å²) in [5, 5.41) is 9.92. The second-order valence-corrected chi connectivity index (χ2v) is 5.91. The summed E-state index contributed by atoms with van der Waals surface area (Å²) in [5.74, 6) is 1.32. The highest BCUT2D eigenvalue weighted by Crippen LogP contribution is 2.26. The van der Waals surface area contributed by atoms with Gasteiger partial charge < -0.3 is 14.9 Å². The maximum absolute atomic E-state index is 9.92. The minimum absolute atomic E-state index is 0.262. The Labute approximate surface area is 115 Å². The van der Waals surface area contributed by atoms with Crippen LogP contribution in [0.4, 0.5) is 5.82 Å². The monoisotopic (exact) mass is 264 g/mol. The van der Waals surface area contributed by atoms with E-state index in [-0.39, 0.29) is 6.10 Å². The molecule has 1 fully saturated rings. The van der Waals surface area contributed by atoms with Gasteiger partial charge in [0.25, 0.3) is 0 Å². The minimum atomic E-state index is -0.262. The Morgan fingerprint density at radius 3 is 2.79 bits per heavy atom. The molecule has 19 heavy (non-hydrogen) atoms. The molecule has 0 radical (unpaired) electrons. The van der Waals surface area contributed by atoms with E-state index in [2.05, 4.69) is 47.7 Å². The first kappa shape index (κ1) is 14.2. The van der Waals surface area contributed by atoms with E-state index in [4.69, 9.17) is 0 Å². The molecule has 1 N–H and O–H groups in total. The van der Waals surface area contributed by atoms with Crippen molar-refractivity contribution in [1.82, 2.24) is 14.9 Å². The maximum atomic E-state index is 9.92. The summed E-state index contributed by atoms with van der Waals surface area (Å²) < 4.78 is 0. The lowest BCUT2D eigenvalue weighted by Crippen LogP contribution is -2.38. The van der Waals surface area contributed by atoms with E-state index in [1.165, 1.54) is 0 Å². The van der Waals surface area contributed by atoms with Crippen molar-refractivity contribution in [2.24, 2.45) is 0 Å². The zero-order valence-corrected chi connectivity index (χ0v) is 12.2. The Hall–Kier alpha value is -1.20. The van der Waals surface area contributed by atoms with E-state index in [1.807, 2.05) is 6.07 Å². The van der Waals surface area contributed by atoms with Crippen LogP contribution in [0.2, 0.25) is 0 Å². The molecular formula is C14H24N4O. The molecule has 1 aromatic rings. The van der Waals surface area contributed by atoms with E-state index in [1.54, 1.807) is 6.33 Å². The van der Waals surface area contributed by atoms with Gasteiger partial charge in [0.2, 0.25) is 0 Å². The van der Waals surface area contributed by atoms with Crippen molar-refractivity contribution < 1.29 is 5.11 Å². The van der Waals surface area contributed by atoms with Crippen LogP contribution >= 0.6 is 0 Å². The quantitative estimate of drug-likeness (QED) is 0.882. The molecule has 1 aliphatic heterocycles. The summed E-state index contributed by atoms with van der Waals surface area (Å²) in [7, 11) is 4.12. The van der Waals surface area contributed by atoms with Crippen LogP contribution in [-0.4, -0.2) is 59.3 Å². The third-order valence-corrected chi connectivity index (χ3v) is 3.53. The highest BCUT2D eigenvalue weighted by molar-refractivity contribution is 5.42. The number of β-amino-alcohol motifs (C(OH)–C–C–N with tert-alkyl or cyclic N) is 1. The lowest BCUT2D eigenvalue weighted by molar-refractivity contribution is 0.191. The first-order valence-corrected chi connectivity index (χ1v) is 6.88. The van der Waals surface area contributed by atoms with Gasteiger partial charge in [0, 0.05) is 30.9 Å². The Balaban J connectivity index is 2.21. The lowest BCUT2D eigenvalue weighted by Gasteiger charge is -2.28. The highest BCUT2D eigenvalue weighted by atomic mass is 16.3. The van der Waals surface area contributed by atoms with Crippen LogP contribution in [0.5, 0.6) is 0 Å². The molecule has 5 nitrogen and oxygen atoms in total.